The minimum atomic E-state index is -0.0771. The van der Waals surface area contributed by atoms with Crippen LogP contribution in [0.2, 0.25) is 0 Å². The van der Waals surface area contributed by atoms with E-state index in [9.17, 15) is 4.79 Å². The Morgan fingerprint density at radius 1 is 1.50 bits per heavy atom. The Hall–Kier alpha value is -0.550. The fourth-order valence-corrected chi connectivity index (χ4v) is 4.31. The molecule has 3 nitrogen and oxygen atoms in total. The molecule has 0 aromatic carbocycles. The van der Waals surface area contributed by atoms with Crippen LogP contribution in [0.5, 0.6) is 0 Å². The first-order chi connectivity index (χ1) is 9.35. The third-order valence-corrected chi connectivity index (χ3v) is 6.19. The maximum absolute atomic E-state index is 11.4. The number of hydrogen-bond acceptors (Lipinski definition) is 5. The summed E-state index contributed by atoms with van der Waals surface area (Å²) in [5.74, 6) is 1.90. The van der Waals surface area contributed by atoms with E-state index in [4.69, 9.17) is 9.72 Å². The maximum Gasteiger partial charge on any atom is 0.306 e. The number of methoxy groups -OCH3 is 1. The highest BCUT2D eigenvalue weighted by molar-refractivity contribution is 7.98. The number of esters is 1. The number of nitrogens with zero attached hydrogens (tertiary/aromatic N) is 1. The Morgan fingerprint density at radius 2 is 2.20 bits per heavy atom. The molecule has 0 aliphatic heterocycles. The smallest absolute Gasteiger partial charge is 0.306 e. The molecule has 20 heavy (non-hydrogen) atoms. The summed E-state index contributed by atoms with van der Waals surface area (Å²) in [5, 5.41) is 3.36. The van der Waals surface area contributed by atoms with Crippen molar-refractivity contribution in [2.24, 2.45) is 5.41 Å². The van der Waals surface area contributed by atoms with Gasteiger partial charge in [-0.1, -0.05) is 20.8 Å². The van der Waals surface area contributed by atoms with Gasteiger partial charge in [-0.2, -0.15) is 11.8 Å². The highest BCUT2D eigenvalue weighted by atomic mass is 32.2. The first kappa shape index (κ1) is 15.8. The minimum Gasteiger partial charge on any atom is -0.469 e. The van der Waals surface area contributed by atoms with Gasteiger partial charge in [0.15, 0.2) is 0 Å². The molecule has 112 valence electrons. The number of carbonyl (C=O) groups is 1. The van der Waals surface area contributed by atoms with E-state index >= 15 is 0 Å². The summed E-state index contributed by atoms with van der Waals surface area (Å²) in [7, 11) is 1.47. The molecule has 0 atom stereocenters. The molecule has 1 aliphatic rings. The Balaban J connectivity index is 1.79. The Morgan fingerprint density at radius 3 is 2.70 bits per heavy atom. The van der Waals surface area contributed by atoms with Gasteiger partial charge in [0.25, 0.3) is 0 Å². The average Bonchev–Trinajstić information content (AvgIpc) is 2.94. The number of hydrogen-bond donors (Lipinski definition) is 0. The second-order valence-electron chi connectivity index (χ2n) is 6.64. The lowest BCUT2D eigenvalue weighted by Crippen LogP contribution is -2.13. The zero-order valence-electron chi connectivity index (χ0n) is 12.7. The van der Waals surface area contributed by atoms with Crippen LogP contribution in [0.3, 0.4) is 0 Å². The molecule has 1 saturated carbocycles. The van der Waals surface area contributed by atoms with Crippen LogP contribution >= 0.6 is 23.1 Å². The lowest BCUT2D eigenvalue weighted by atomic mass is 9.98. The zero-order chi connectivity index (χ0) is 14.8. The van der Waals surface area contributed by atoms with E-state index in [-0.39, 0.29) is 16.8 Å². The molecule has 1 fully saturated rings. The van der Waals surface area contributed by atoms with E-state index in [0.29, 0.717) is 6.42 Å². The molecule has 1 aromatic rings. The summed E-state index contributed by atoms with van der Waals surface area (Å²) in [4.78, 5) is 16.1. The van der Waals surface area contributed by atoms with Crippen molar-refractivity contribution in [3.63, 3.8) is 0 Å². The van der Waals surface area contributed by atoms with Gasteiger partial charge in [0.05, 0.1) is 24.2 Å². The Bertz CT molecular complexity index is 472. The van der Waals surface area contributed by atoms with Gasteiger partial charge in [-0.05, 0) is 24.0 Å². The first-order valence-electron chi connectivity index (χ1n) is 6.94. The third kappa shape index (κ3) is 4.22. The van der Waals surface area contributed by atoms with Crippen LogP contribution in [-0.2, 0) is 20.7 Å². The maximum atomic E-state index is 11.4. The summed E-state index contributed by atoms with van der Waals surface area (Å²) in [6.45, 7) is 6.58. The molecule has 1 heterocycles. The molecule has 0 amide bonds. The van der Waals surface area contributed by atoms with Crippen LogP contribution in [0.25, 0.3) is 0 Å². The molecule has 0 saturated heterocycles. The van der Waals surface area contributed by atoms with E-state index in [1.165, 1.54) is 17.8 Å². The van der Waals surface area contributed by atoms with Gasteiger partial charge in [0.2, 0.25) is 0 Å². The highest BCUT2D eigenvalue weighted by Gasteiger charge is 2.44. The fraction of sp³-hybridized carbons (Fsp3) is 0.733. The van der Waals surface area contributed by atoms with Crippen molar-refractivity contribution >= 4 is 29.1 Å². The predicted molar refractivity (Wildman–Crippen MR) is 85.3 cm³/mol. The van der Waals surface area contributed by atoms with E-state index < -0.39 is 0 Å². The third-order valence-electron chi connectivity index (χ3n) is 3.56. The average molecular weight is 313 g/mol. The molecule has 5 heteroatoms. The van der Waals surface area contributed by atoms with Crippen LogP contribution < -0.4 is 0 Å². The van der Waals surface area contributed by atoms with Crippen LogP contribution in [0.4, 0.5) is 0 Å². The summed E-state index contributed by atoms with van der Waals surface area (Å²) < 4.78 is 4.77. The summed E-state index contributed by atoms with van der Waals surface area (Å²) >= 11 is 3.63. The van der Waals surface area contributed by atoms with Gasteiger partial charge in [0, 0.05) is 16.5 Å². The largest absolute Gasteiger partial charge is 0.469 e. The van der Waals surface area contributed by atoms with Crippen LogP contribution in [0, 0.1) is 5.41 Å². The number of thiazole rings is 1. The van der Waals surface area contributed by atoms with Gasteiger partial charge in [-0.25, -0.2) is 4.98 Å². The summed E-state index contributed by atoms with van der Waals surface area (Å²) in [5.41, 5.74) is 1.51. The molecule has 0 N–H and O–H groups in total. The molecular weight excluding hydrogens is 290 g/mol. The molecule has 0 spiro atoms. The quantitative estimate of drug-likeness (QED) is 0.744. The van der Waals surface area contributed by atoms with Gasteiger partial charge < -0.3 is 4.74 Å². The van der Waals surface area contributed by atoms with Crippen molar-refractivity contribution in [1.82, 2.24) is 4.98 Å². The molecule has 1 aliphatic carbocycles. The van der Waals surface area contributed by atoms with Gasteiger partial charge in [0.1, 0.15) is 0 Å². The van der Waals surface area contributed by atoms with Gasteiger partial charge >= 0.3 is 5.97 Å². The lowest BCUT2D eigenvalue weighted by molar-refractivity contribution is -0.141. The first-order valence-corrected chi connectivity index (χ1v) is 8.98. The van der Waals surface area contributed by atoms with Crippen LogP contribution in [-0.4, -0.2) is 23.8 Å². The lowest BCUT2D eigenvalue weighted by Gasteiger charge is -2.14. The number of carbonyl (C=O) groups excluding carboxylic acids is 1. The monoisotopic (exact) mass is 313 g/mol. The van der Waals surface area contributed by atoms with Crippen LogP contribution in [0.1, 0.15) is 50.7 Å². The van der Waals surface area contributed by atoms with Crippen molar-refractivity contribution in [2.45, 2.75) is 51.2 Å². The molecule has 0 bridgehead atoms. The van der Waals surface area contributed by atoms with E-state index in [1.807, 2.05) is 11.8 Å². The number of aromatic nitrogens is 1. The second kappa shape index (κ2) is 6.06. The van der Waals surface area contributed by atoms with Crippen molar-refractivity contribution in [3.05, 3.63) is 16.1 Å². The highest BCUT2D eigenvalue weighted by Crippen LogP contribution is 2.51. The summed E-state index contributed by atoms with van der Waals surface area (Å²) in [6, 6.07) is 0. The van der Waals surface area contributed by atoms with Gasteiger partial charge in [-0.3, -0.25) is 4.79 Å². The van der Waals surface area contributed by atoms with Crippen molar-refractivity contribution < 1.29 is 9.53 Å². The standard InChI is InChI=1S/C15H23NO2S2/c1-14(2,3)13-16-11(9-20-13)8-19-10-15(5-6-15)7-12(17)18-4/h9H,5-8,10H2,1-4H3. The predicted octanol–water partition coefficient (Wildman–Crippen LogP) is 4.02. The molecule has 1 aromatic heterocycles. The Labute approximate surface area is 129 Å². The zero-order valence-corrected chi connectivity index (χ0v) is 14.3. The topological polar surface area (TPSA) is 39.2 Å². The van der Waals surface area contributed by atoms with E-state index in [1.54, 1.807) is 11.3 Å². The number of thioether (sulfide) groups is 1. The SMILES string of the molecule is COC(=O)CC1(CSCc2csc(C(C)(C)C)n2)CC1. The van der Waals surface area contributed by atoms with Crippen molar-refractivity contribution in [3.8, 4) is 0 Å². The molecule has 0 unspecified atom stereocenters. The molecule has 0 radical (unpaired) electrons. The second-order valence-corrected chi connectivity index (χ2v) is 8.48. The minimum absolute atomic E-state index is 0.0771. The van der Waals surface area contributed by atoms with Crippen molar-refractivity contribution in [2.75, 3.05) is 12.9 Å². The summed E-state index contributed by atoms with van der Waals surface area (Å²) in [6.07, 6.45) is 2.87. The number of ether oxygens (including phenoxy) is 1. The molecular formula is C15H23NO2S2. The van der Waals surface area contributed by atoms with E-state index in [2.05, 4.69) is 26.2 Å². The van der Waals surface area contributed by atoms with Gasteiger partial charge in [-0.15, -0.1) is 11.3 Å². The van der Waals surface area contributed by atoms with Crippen molar-refractivity contribution in [1.29, 1.82) is 0 Å². The fourth-order valence-electron chi connectivity index (χ4n) is 2.02. The normalized spacial score (nSPS) is 17.0. The Kier molecular flexibility index (Phi) is 4.80. The number of rotatable bonds is 6. The van der Waals surface area contributed by atoms with E-state index in [0.717, 1.165) is 24.3 Å². The van der Waals surface area contributed by atoms with Crippen LogP contribution in [0.15, 0.2) is 5.38 Å². The molecule has 2 rings (SSSR count).